The average molecular weight is 259 g/mol. The molecule has 0 amide bonds. The van der Waals surface area contributed by atoms with E-state index in [9.17, 15) is 4.79 Å². The number of hydrogen-bond acceptors (Lipinski definition) is 4. The smallest absolute Gasteiger partial charge is 0.162 e. The van der Waals surface area contributed by atoms with Crippen molar-refractivity contribution in [3.8, 4) is 5.75 Å². The van der Waals surface area contributed by atoms with Crippen LogP contribution in [-0.2, 0) is 6.61 Å². The van der Waals surface area contributed by atoms with Crippen LogP contribution in [0.1, 0.15) is 40.7 Å². The molecule has 0 spiro atoms. The normalized spacial score (nSPS) is 10.5. The topological polar surface area (TPSA) is 52.3 Å². The van der Waals surface area contributed by atoms with Crippen molar-refractivity contribution in [1.29, 1.82) is 0 Å². The third kappa shape index (κ3) is 3.02. The summed E-state index contributed by atoms with van der Waals surface area (Å²) in [7, 11) is 0. The zero-order valence-electron chi connectivity index (χ0n) is 11.4. The minimum Gasteiger partial charge on any atom is -0.489 e. The number of aryl methyl sites for hydroxylation is 2. The number of carbonyl (C=O) groups excluding carboxylic acids is 1. The minimum atomic E-state index is 0.136. The molecule has 0 N–H and O–H groups in total. The summed E-state index contributed by atoms with van der Waals surface area (Å²) in [5.74, 6) is 1.64. The van der Waals surface area contributed by atoms with Crippen molar-refractivity contribution < 1.29 is 14.1 Å². The van der Waals surface area contributed by atoms with Crippen LogP contribution in [0.3, 0.4) is 0 Å². The van der Waals surface area contributed by atoms with Crippen LogP contribution < -0.4 is 4.74 Å². The first-order valence-corrected chi connectivity index (χ1v) is 6.29. The van der Waals surface area contributed by atoms with Gasteiger partial charge in [-0.1, -0.05) is 12.1 Å². The van der Waals surface area contributed by atoms with E-state index >= 15 is 0 Å². The summed E-state index contributed by atoms with van der Waals surface area (Å²) >= 11 is 0. The molecule has 1 aromatic carbocycles. The van der Waals surface area contributed by atoms with Gasteiger partial charge in [-0.05, 0) is 38.1 Å². The lowest BCUT2D eigenvalue weighted by atomic mass is 10.1. The van der Waals surface area contributed by atoms with Crippen LogP contribution in [0.2, 0.25) is 0 Å². The van der Waals surface area contributed by atoms with Crippen molar-refractivity contribution in [3.05, 3.63) is 46.8 Å². The van der Waals surface area contributed by atoms with Crippen molar-refractivity contribution in [2.24, 2.45) is 0 Å². The molecule has 2 aromatic rings. The Balaban J connectivity index is 2.03. The zero-order chi connectivity index (χ0) is 13.8. The Hall–Kier alpha value is -2.10. The van der Waals surface area contributed by atoms with Gasteiger partial charge in [-0.15, -0.1) is 0 Å². The van der Waals surface area contributed by atoms with E-state index < -0.39 is 0 Å². The predicted molar refractivity (Wildman–Crippen MR) is 71.4 cm³/mol. The fourth-order valence-corrected chi connectivity index (χ4v) is 1.80. The molecule has 0 radical (unpaired) electrons. The molecule has 2 rings (SSSR count). The van der Waals surface area contributed by atoms with Gasteiger partial charge in [-0.3, -0.25) is 4.79 Å². The lowest BCUT2D eigenvalue weighted by molar-refractivity contribution is 0.0988. The number of aromatic nitrogens is 1. The lowest BCUT2D eigenvalue weighted by Crippen LogP contribution is -1.99. The zero-order valence-corrected chi connectivity index (χ0v) is 11.4. The quantitative estimate of drug-likeness (QED) is 0.771. The maximum absolute atomic E-state index is 11.5. The van der Waals surface area contributed by atoms with E-state index in [2.05, 4.69) is 5.16 Å². The molecule has 0 bridgehead atoms. The second-order valence-corrected chi connectivity index (χ2v) is 4.39. The summed E-state index contributed by atoms with van der Waals surface area (Å²) in [5, 5.41) is 3.88. The van der Waals surface area contributed by atoms with Gasteiger partial charge in [0.05, 0.1) is 11.3 Å². The summed E-state index contributed by atoms with van der Waals surface area (Å²) in [5.41, 5.74) is 2.52. The van der Waals surface area contributed by atoms with E-state index in [0.29, 0.717) is 18.6 Å². The van der Waals surface area contributed by atoms with Gasteiger partial charge in [-0.2, -0.15) is 0 Å². The van der Waals surface area contributed by atoms with E-state index in [1.54, 1.807) is 24.3 Å². The molecule has 100 valence electrons. The fraction of sp³-hybridized carbons (Fsp3) is 0.333. The molecule has 0 aliphatic rings. The highest BCUT2D eigenvalue weighted by Gasteiger charge is 2.09. The predicted octanol–water partition coefficient (Wildman–Crippen LogP) is 3.46. The van der Waals surface area contributed by atoms with E-state index in [1.807, 2.05) is 20.8 Å². The van der Waals surface area contributed by atoms with E-state index in [1.165, 1.54) is 0 Å². The summed E-state index contributed by atoms with van der Waals surface area (Å²) < 4.78 is 10.7. The average Bonchev–Trinajstić information content (AvgIpc) is 2.75. The molecule has 4 nitrogen and oxygen atoms in total. The summed E-state index contributed by atoms with van der Waals surface area (Å²) in [4.78, 5) is 11.5. The van der Waals surface area contributed by atoms with E-state index in [-0.39, 0.29) is 5.78 Å². The van der Waals surface area contributed by atoms with Gasteiger partial charge in [-0.25, -0.2) is 0 Å². The van der Waals surface area contributed by atoms with E-state index in [4.69, 9.17) is 9.26 Å². The van der Waals surface area contributed by atoms with Crippen LogP contribution in [0.15, 0.2) is 28.8 Å². The largest absolute Gasteiger partial charge is 0.489 e. The molecule has 4 heteroatoms. The highest BCUT2D eigenvalue weighted by atomic mass is 16.5. The first kappa shape index (κ1) is 13.3. The molecule has 0 fully saturated rings. The highest BCUT2D eigenvalue weighted by Crippen LogP contribution is 2.18. The van der Waals surface area contributed by atoms with Gasteiger partial charge in [0.25, 0.3) is 0 Å². The van der Waals surface area contributed by atoms with Crippen LogP contribution in [0.4, 0.5) is 0 Å². The van der Waals surface area contributed by atoms with Crippen LogP contribution in [0.25, 0.3) is 0 Å². The van der Waals surface area contributed by atoms with Crippen molar-refractivity contribution in [1.82, 2.24) is 5.16 Å². The number of Topliss-reactive ketones (excluding diaryl/α,β-unsaturated/α-hetero) is 1. The first-order valence-electron chi connectivity index (χ1n) is 6.29. The van der Waals surface area contributed by atoms with Crippen LogP contribution in [0.5, 0.6) is 5.75 Å². The van der Waals surface area contributed by atoms with Gasteiger partial charge in [0, 0.05) is 12.0 Å². The maximum atomic E-state index is 11.5. The Morgan fingerprint density at radius 3 is 2.47 bits per heavy atom. The Labute approximate surface area is 112 Å². The van der Waals surface area contributed by atoms with Gasteiger partial charge in [0.2, 0.25) is 0 Å². The van der Waals surface area contributed by atoms with Crippen molar-refractivity contribution >= 4 is 5.78 Å². The van der Waals surface area contributed by atoms with Crippen LogP contribution >= 0.6 is 0 Å². The third-order valence-electron chi connectivity index (χ3n) is 3.06. The van der Waals surface area contributed by atoms with E-state index in [0.717, 1.165) is 22.8 Å². The van der Waals surface area contributed by atoms with Gasteiger partial charge < -0.3 is 9.26 Å². The number of hydrogen-bond donors (Lipinski definition) is 0. The Kier molecular flexibility index (Phi) is 4.00. The standard InChI is InChI=1S/C15H17NO3/c1-4-15(17)12-5-7-13(8-6-12)18-9-14-10(2)16-19-11(14)3/h5-8H,4,9H2,1-3H3. The molecule has 1 aromatic heterocycles. The fourth-order valence-electron chi connectivity index (χ4n) is 1.80. The molecule has 0 unspecified atom stereocenters. The number of benzene rings is 1. The molecule has 1 heterocycles. The highest BCUT2D eigenvalue weighted by molar-refractivity contribution is 5.95. The summed E-state index contributed by atoms with van der Waals surface area (Å²) in [6.07, 6.45) is 0.513. The molecule has 0 saturated carbocycles. The van der Waals surface area contributed by atoms with Crippen molar-refractivity contribution in [2.45, 2.75) is 33.8 Å². The van der Waals surface area contributed by atoms with Crippen LogP contribution in [-0.4, -0.2) is 10.9 Å². The van der Waals surface area contributed by atoms with Crippen molar-refractivity contribution in [2.75, 3.05) is 0 Å². The first-order chi connectivity index (χ1) is 9.11. The Morgan fingerprint density at radius 1 is 1.26 bits per heavy atom. The molecule has 19 heavy (non-hydrogen) atoms. The summed E-state index contributed by atoms with van der Waals surface area (Å²) in [6.45, 7) is 6.02. The van der Waals surface area contributed by atoms with Gasteiger partial charge >= 0.3 is 0 Å². The minimum absolute atomic E-state index is 0.136. The van der Waals surface area contributed by atoms with Crippen LogP contribution in [0, 0.1) is 13.8 Å². The summed E-state index contributed by atoms with van der Waals surface area (Å²) in [6, 6.07) is 7.19. The molecule has 0 saturated heterocycles. The third-order valence-corrected chi connectivity index (χ3v) is 3.06. The molecule has 0 aliphatic heterocycles. The number of rotatable bonds is 5. The SMILES string of the molecule is CCC(=O)c1ccc(OCc2c(C)noc2C)cc1. The lowest BCUT2D eigenvalue weighted by Gasteiger charge is -2.06. The monoisotopic (exact) mass is 259 g/mol. The second-order valence-electron chi connectivity index (χ2n) is 4.39. The number of ether oxygens (including phenoxy) is 1. The van der Waals surface area contributed by atoms with Gasteiger partial charge in [0.15, 0.2) is 5.78 Å². The molecule has 0 atom stereocenters. The Morgan fingerprint density at radius 2 is 1.95 bits per heavy atom. The molecular weight excluding hydrogens is 242 g/mol. The molecule has 0 aliphatic carbocycles. The maximum Gasteiger partial charge on any atom is 0.162 e. The number of carbonyl (C=O) groups is 1. The molecular formula is C15H17NO3. The van der Waals surface area contributed by atoms with Crippen molar-refractivity contribution in [3.63, 3.8) is 0 Å². The number of ketones is 1. The van der Waals surface area contributed by atoms with Gasteiger partial charge in [0.1, 0.15) is 18.1 Å². The Bertz CT molecular complexity index is 550. The number of nitrogens with zero attached hydrogens (tertiary/aromatic N) is 1. The second kappa shape index (κ2) is 5.69.